The molecule has 0 atom stereocenters. The van der Waals surface area contributed by atoms with Crippen molar-refractivity contribution >= 4 is 12.1 Å². The van der Waals surface area contributed by atoms with Crippen LogP contribution in [-0.4, -0.2) is 15.7 Å². The molecule has 4 rings (SSSR count). The molecular formula is C19H9F5N2O2. The summed E-state index contributed by atoms with van der Waals surface area (Å²) in [5.41, 5.74) is 0.547. The van der Waals surface area contributed by atoms with Gasteiger partial charge in [0.1, 0.15) is 17.3 Å². The first kappa shape index (κ1) is 17.9. The van der Waals surface area contributed by atoms with Crippen molar-refractivity contribution in [3.63, 3.8) is 0 Å². The minimum Gasteiger partial charge on any atom is -0.418 e. The quantitative estimate of drug-likeness (QED) is 0.348. The van der Waals surface area contributed by atoms with E-state index in [-0.39, 0.29) is 22.5 Å². The van der Waals surface area contributed by atoms with Crippen molar-refractivity contribution in [3.05, 3.63) is 71.6 Å². The molecular weight excluding hydrogens is 383 g/mol. The summed E-state index contributed by atoms with van der Waals surface area (Å²) in [6.07, 6.45) is -3.64. The molecule has 0 unspecified atom stereocenters. The summed E-state index contributed by atoms with van der Waals surface area (Å²) < 4.78 is 72.0. The highest BCUT2D eigenvalue weighted by Gasteiger charge is 2.37. The zero-order chi connectivity index (χ0) is 20.1. The second-order valence-corrected chi connectivity index (χ2v) is 5.91. The number of aromatic nitrogens is 2. The predicted molar refractivity (Wildman–Crippen MR) is 88.6 cm³/mol. The van der Waals surface area contributed by atoms with Gasteiger partial charge in [0.25, 0.3) is 0 Å². The largest absolute Gasteiger partial charge is 0.451 e. The summed E-state index contributed by atoms with van der Waals surface area (Å²) >= 11 is 0. The zero-order valence-electron chi connectivity index (χ0n) is 13.8. The van der Waals surface area contributed by atoms with Gasteiger partial charge in [0.2, 0.25) is 5.76 Å². The lowest BCUT2D eigenvalue weighted by Crippen LogP contribution is -2.03. The van der Waals surface area contributed by atoms with E-state index in [0.717, 1.165) is 28.7 Å². The van der Waals surface area contributed by atoms with Crippen LogP contribution in [0, 0.1) is 11.6 Å². The summed E-state index contributed by atoms with van der Waals surface area (Å²) in [6.45, 7) is 0. The normalized spacial score (nSPS) is 11.9. The number of aldehydes is 1. The third kappa shape index (κ3) is 2.94. The molecule has 0 saturated carbocycles. The summed E-state index contributed by atoms with van der Waals surface area (Å²) in [5, 5.41) is 0. The molecule has 0 saturated heterocycles. The van der Waals surface area contributed by atoms with Crippen LogP contribution in [0.25, 0.3) is 28.4 Å². The Bertz CT molecular complexity index is 1190. The fourth-order valence-electron chi connectivity index (χ4n) is 2.88. The average Bonchev–Trinajstić information content (AvgIpc) is 3.20. The van der Waals surface area contributed by atoms with Crippen LogP contribution in [0.4, 0.5) is 22.0 Å². The molecule has 0 aliphatic rings. The molecule has 4 nitrogen and oxygen atoms in total. The molecule has 0 bridgehead atoms. The monoisotopic (exact) mass is 392 g/mol. The summed E-state index contributed by atoms with van der Waals surface area (Å²) in [4.78, 5) is 15.5. The van der Waals surface area contributed by atoms with Gasteiger partial charge < -0.3 is 4.42 Å². The van der Waals surface area contributed by atoms with E-state index >= 15 is 0 Å². The summed E-state index contributed by atoms with van der Waals surface area (Å²) in [7, 11) is 0. The van der Waals surface area contributed by atoms with Crippen molar-refractivity contribution in [1.29, 1.82) is 0 Å². The number of hydrogen-bond acceptors (Lipinski definition) is 3. The van der Waals surface area contributed by atoms with Gasteiger partial charge in [-0.05, 0) is 42.5 Å². The van der Waals surface area contributed by atoms with E-state index in [2.05, 4.69) is 4.98 Å². The Labute approximate surface area is 153 Å². The van der Waals surface area contributed by atoms with Crippen LogP contribution < -0.4 is 0 Å². The van der Waals surface area contributed by atoms with Crippen molar-refractivity contribution < 1.29 is 31.2 Å². The Hall–Kier alpha value is -3.49. The first-order valence-electron chi connectivity index (χ1n) is 7.88. The number of fused-ring (bicyclic) bond motifs is 1. The zero-order valence-corrected chi connectivity index (χ0v) is 13.8. The number of carbonyl (C=O) groups excluding carboxylic acids is 1. The van der Waals surface area contributed by atoms with Crippen LogP contribution in [0.1, 0.15) is 16.1 Å². The lowest BCUT2D eigenvalue weighted by atomic mass is 10.0. The third-order valence-electron chi connectivity index (χ3n) is 4.12. The van der Waals surface area contributed by atoms with E-state index in [1.807, 2.05) is 0 Å². The molecule has 9 heteroatoms. The lowest BCUT2D eigenvalue weighted by molar-refractivity contribution is -0.152. The van der Waals surface area contributed by atoms with Crippen LogP contribution in [-0.2, 0) is 6.18 Å². The molecule has 0 aliphatic carbocycles. The number of benzene rings is 2. The van der Waals surface area contributed by atoms with Gasteiger partial charge in [-0.15, -0.1) is 0 Å². The molecule has 0 N–H and O–H groups in total. The van der Waals surface area contributed by atoms with Gasteiger partial charge in [-0.25, -0.2) is 8.78 Å². The molecule has 0 aliphatic heterocycles. The first-order chi connectivity index (χ1) is 13.3. The average molecular weight is 392 g/mol. The number of alkyl halides is 3. The van der Waals surface area contributed by atoms with Crippen LogP contribution >= 0.6 is 0 Å². The Morgan fingerprint density at radius 3 is 2.32 bits per heavy atom. The predicted octanol–water partition coefficient (Wildman–Crippen LogP) is 5.37. The maximum atomic E-state index is 13.9. The summed E-state index contributed by atoms with van der Waals surface area (Å²) in [6, 6.07) is 8.30. The maximum absolute atomic E-state index is 13.9. The molecule has 0 radical (unpaired) electrons. The van der Waals surface area contributed by atoms with Gasteiger partial charge in [0, 0.05) is 16.7 Å². The van der Waals surface area contributed by atoms with E-state index in [4.69, 9.17) is 4.42 Å². The molecule has 4 aromatic rings. The number of rotatable bonds is 3. The van der Waals surface area contributed by atoms with Gasteiger partial charge in [-0.1, -0.05) is 0 Å². The molecule has 2 aromatic heterocycles. The number of oxazole rings is 1. The number of hydrogen-bond donors (Lipinski definition) is 0. The van der Waals surface area contributed by atoms with Crippen molar-refractivity contribution in [3.8, 4) is 22.5 Å². The van der Waals surface area contributed by atoms with E-state index in [1.165, 1.54) is 18.2 Å². The van der Waals surface area contributed by atoms with E-state index in [0.29, 0.717) is 18.0 Å². The number of nitrogens with zero attached hydrogens (tertiary/aromatic N) is 2. The number of imidazole rings is 1. The maximum Gasteiger partial charge on any atom is 0.451 e. The van der Waals surface area contributed by atoms with Crippen LogP contribution in [0.3, 0.4) is 0 Å². The number of halogens is 5. The summed E-state index contributed by atoms with van der Waals surface area (Å²) in [5.74, 6) is -2.92. The lowest BCUT2D eigenvalue weighted by Gasteiger charge is -2.08. The third-order valence-corrected chi connectivity index (χ3v) is 4.12. The second-order valence-electron chi connectivity index (χ2n) is 5.91. The van der Waals surface area contributed by atoms with Gasteiger partial charge in [0.15, 0.2) is 6.29 Å². The highest BCUT2D eigenvalue weighted by molar-refractivity contribution is 5.92. The van der Waals surface area contributed by atoms with E-state index in [1.54, 1.807) is 0 Å². The van der Waals surface area contributed by atoms with Gasteiger partial charge in [-0.3, -0.25) is 9.20 Å². The van der Waals surface area contributed by atoms with E-state index < -0.39 is 29.4 Å². The van der Waals surface area contributed by atoms with Crippen LogP contribution in [0.2, 0.25) is 0 Å². The Kier molecular flexibility index (Phi) is 4.02. The van der Waals surface area contributed by atoms with Crippen LogP contribution in [0.15, 0.2) is 53.1 Å². The Morgan fingerprint density at radius 1 is 1.00 bits per heavy atom. The van der Waals surface area contributed by atoms with Crippen LogP contribution in [0.5, 0.6) is 0 Å². The van der Waals surface area contributed by atoms with Crippen molar-refractivity contribution in [2.45, 2.75) is 6.18 Å². The molecule has 0 spiro atoms. The molecule has 142 valence electrons. The highest BCUT2D eigenvalue weighted by atomic mass is 19.4. The molecule has 0 fully saturated rings. The smallest absolute Gasteiger partial charge is 0.418 e. The molecule has 2 heterocycles. The van der Waals surface area contributed by atoms with Crippen molar-refractivity contribution in [1.82, 2.24) is 9.38 Å². The fourth-order valence-corrected chi connectivity index (χ4v) is 2.88. The van der Waals surface area contributed by atoms with Gasteiger partial charge >= 0.3 is 12.0 Å². The molecule has 2 aromatic carbocycles. The minimum atomic E-state index is -4.76. The van der Waals surface area contributed by atoms with Gasteiger partial charge in [-0.2, -0.15) is 18.2 Å². The Morgan fingerprint density at radius 2 is 1.68 bits per heavy atom. The van der Waals surface area contributed by atoms with E-state index in [9.17, 15) is 26.7 Å². The standard InChI is InChI=1S/C19H9F5N2O2/c20-12-4-1-10(2-5-12)16-17(14-7-13(21)6-3-11(14)9-27)26-8-15(19(22,23)24)28-18(26)25-16/h1-9H. The number of carbonyl (C=O) groups is 1. The minimum absolute atomic E-state index is 0.0162. The highest BCUT2D eigenvalue weighted by Crippen LogP contribution is 2.38. The van der Waals surface area contributed by atoms with Gasteiger partial charge in [0.05, 0.1) is 11.9 Å². The molecule has 28 heavy (non-hydrogen) atoms. The van der Waals surface area contributed by atoms with Crippen molar-refractivity contribution in [2.24, 2.45) is 0 Å². The second kappa shape index (κ2) is 6.29. The SMILES string of the molecule is O=Cc1ccc(F)cc1-c1c(-c2ccc(F)cc2)nc2oc(C(F)(F)F)cn12. The first-order valence-corrected chi connectivity index (χ1v) is 7.88. The Balaban J connectivity index is 2.06. The topological polar surface area (TPSA) is 47.5 Å². The fraction of sp³-hybridized carbons (Fsp3) is 0.0526. The molecule has 0 amide bonds. The van der Waals surface area contributed by atoms with Crippen molar-refractivity contribution in [2.75, 3.05) is 0 Å².